The highest BCUT2D eigenvalue weighted by atomic mass is 16.3. The molecular weight excluding hydrogens is 332 g/mol. The van der Waals surface area contributed by atoms with Crippen LogP contribution in [0.25, 0.3) is 33.1 Å². The third kappa shape index (κ3) is 3.80. The first kappa shape index (κ1) is 16.8. The average Bonchev–Trinajstić information content (AvgIpc) is 2.75. The summed E-state index contributed by atoms with van der Waals surface area (Å²) in [4.78, 5) is 11.9. The van der Waals surface area contributed by atoms with Gasteiger partial charge in [-0.15, -0.1) is 0 Å². The van der Waals surface area contributed by atoms with Crippen molar-refractivity contribution in [3.8, 4) is 11.3 Å². The van der Waals surface area contributed by atoms with Gasteiger partial charge in [-0.05, 0) is 22.9 Å². The van der Waals surface area contributed by atoms with Crippen LogP contribution < -0.4 is 5.43 Å². The molecule has 0 aliphatic rings. The quantitative estimate of drug-likeness (QED) is 0.355. The number of para-hydroxylation sites is 1. The second kappa shape index (κ2) is 7.71. The summed E-state index contributed by atoms with van der Waals surface area (Å²) < 4.78 is 5.73. The van der Waals surface area contributed by atoms with E-state index in [4.69, 9.17) is 4.42 Å². The summed E-state index contributed by atoms with van der Waals surface area (Å²) in [5.74, 6) is 0.606. The van der Waals surface area contributed by atoms with Gasteiger partial charge in [-0.2, -0.15) is 0 Å². The highest BCUT2D eigenvalue weighted by Gasteiger charge is 2.05. The van der Waals surface area contributed by atoms with Crippen molar-refractivity contribution in [1.29, 1.82) is 0 Å². The van der Waals surface area contributed by atoms with Crippen molar-refractivity contribution < 1.29 is 4.42 Å². The zero-order valence-corrected chi connectivity index (χ0v) is 14.7. The van der Waals surface area contributed by atoms with Crippen molar-refractivity contribution in [2.75, 3.05) is 0 Å². The Morgan fingerprint density at radius 3 is 1.70 bits per heavy atom. The molecule has 0 saturated carbocycles. The van der Waals surface area contributed by atoms with E-state index in [1.807, 2.05) is 48.5 Å². The first-order valence-corrected chi connectivity index (χ1v) is 8.83. The van der Waals surface area contributed by atoms with Gasteiger partial charge in [-0.1, -0.05) is 91.0 Å². The van der Waals surface area contributed by atoms with E-state index in [0.717, 1.165) is 5.56 Å². The van der Waals surface area contributed by atoms with Crippen LogP contribution in [0.2, 0.25) is 0 Å². The minimum Gasteiger partial charge on any atom is -0.456 e. The average molecular weight is 350 g/mol. The number of hydrogen-bond acceptors (Lipinski definition) is 2. The molecule has 27 heavy (non-hydrogen) atoms. The predicted octanol–water partition coefficient (Wildman–Crippen LogP) is 6.30. The first-order valence-electron chi connectivity index (χ1n) is 8.83. The predicted molar refractivity (Wildman–Crippen MR) is 112 cm³/mol. The van der Waals surface area contributed by atoms with Crippen molar-refractivity contribution in [1.82, 2.24) is 0 Å². The van der Waals surface area contributed by atoms with Crippen LogP contribution in [-0.4, -0.2) is 0 Å². The molecule has 0 saturated heterocycles. The third-order valence-electron chi connectivity index (χ3n) is 4.35. The van der Waals surface area contributed by atoms with Crippen LogP contribution in [0.15, 0.2) is 118 Å². The molecule has 0 amide bonds. The fourth-order valence-electron chi connectivity index (χ4n) is 2.98. The number of rotatable bonds is 1. The lowest BCUT2D eigenvalue weighted by atomic mass is 10.1. The number of fused-ring (bicyclic) bond motifs is 2. The first-order chi connectivity index (χ1) is 13.3. The van der Waals surface area contributed by atoms with E-state index in [-0.39, 0.29) is 5.43 Å². The van der Waals surface area contributed by atoms with E-state index < -0.39 is 0 Å². The van der Waals surface area contributed by atoms with Gasteiger partial charge in [0.15, 0.2) is 5.43 Å². The SMILES string of the molecule is O=c1cc(-c2ccccc2)oc2ccccc12.c1ccc2ccccc2c1. The lowest BCUT2D eigenvalue weighted by molar-refractivity contribution is 0.619. The number of benzene rings is 4. The molecular formula is C25H18O2. The van der Waals surface area contributed by atoms with Crippen LogP contribution in [0.1, 0.15) is 0 Å². The zero-order chi connectivity index (χ0) is 18.5. The second-order valence-electron chi connectivity index (χ2n) is 6.18. The Balaban J connectivity index is 0.000000153. The molecule has 2 heteroatoms. The summed E-state index contributed by atoms with van der Waals surface area (Å²) in [6.07, 6.45) is 0. The molecule has 0 radical (unpaired) electrons. The fraction of sp³-hybridized carbons (Fsp3) is 0. The summed E-state index contributed by atoms with van der Waals surface area (Å²) in [7, 11) is 0. The summed E-state index contributed by atoms with van der Waals surface area (Å²) in [5, 5.41) is 3.24. The van der Waals surface area contributed by atoms with Crippen molar-refractivity contribution in [3.63, 3.8) is 0 Å². The minimum absolute atomic E-state index is 0.00861. The van der Waals surface area contributed by atoms with Gasteiger partial charge in [-0.25, -0.2) is 0 Å². The highest BCUT2D eigenvalue weighted by molar-refractivity contribution is 5.82. The molecule has 0 unspecified atom stereocenters. The van der Waals surface area contributed by atoms with Gasteiger partial charge in [0.1, 0.15) is 11.3 Å². The summed E-state index contributed by atoms with van der Waals surface area (Å²) in [5.41, 5.74) is 1.53. The molecule has 0 bridgehead atoms. The van der Waals surface area contributed by atoms with Crippen LogP contribution in [-0.2, 0) is 0 Å². The maximum atomic E-state index is 11.9. The molecule has 0 atom stereocenters. The zero-order valence-electron chi connectivity index (χ0n) is 14.7. The van der Waals surface area contributed by atoms with Crippen molar-refractivity contribution >= 4 is 21.7 Å². The molecule has 0 fully saturated rings. The Kier molecular flexibility index (Phi) is 4.80. The lowest BCUT2D eigenvalue weighted by Crippen LogP contribution is -1.99. The maximum Gasteiger partial charge on any atom is 0.193 e. The molecule has 0 aliphatic heterocycles. The van der Waals surface area contributed by atoms with Gasteiger partial charge in [0, 0.05) is 11.6 Å². The van der Waals surface area contributed by atoms with Crippen LogP contribution in [0, 0.1) is 0 Å². The Bertz CT molecular complexity index is 1170. The molecule has 0 aliphatic carbocycles. The van der Waals surface area contributed by atoms with Gasteiger partial charge in [0.25, 0.3) is 0 Å². The molecule has 5 rings (SSSR count). The monoisotopic (exact) mass is 350 g/mol. The minimum atomic E-state index is -0.00861. The Morgan fingerprint density at radius 2 is 1.07 bits per heavy atom. The van der Waals surface area contributed by atoms with Gasteiger partial charge in [-0.3, -0.25) is 4.79 Å². The van der Waals surface area contributed by atoms with Crippen LogP contribution in [0.5, 0.6) is 0 Å². The molecule has 1 aromatic heterocycles. The number of hydrogen-bond donors (Lipinski definition) is 0. The summed E-state index contributed by atoms with van der Waals surface area (Å²) in [6, 6.07) is 35.2. The molecule has 2 nitrogen and oxygen atoms in total. The smallest absolute Gasteiger partial charge is 0.193 e. The van der Waals surface area contributed by atoms with E-state index >= 15 is 0 Å². The van der Waals surface area contributed by atoms with Gasteiger partial charge < -0.3 is 4.42 Å². The van der Waals surface area contributed by atoms with Crippen LogP contribution >= 0.6 is 0 Å². The molecule has 5 aromatic rings. The lowest BCUT2D eigenvalue weighted by Gasteiger charge is -2.02. The fourth-order valence-corrected chi connectivity index (χ4v) is 2.98. The molecule has 130 valence electrons. The van der Waals surface area contributed by atoms with Crippen molar-refractivity contribution in [2.24, 2.45) is 0 Å². The van der Waals surface area contributed by atoms with Crippen molar-refractivity contribution in [3.05, 3.63) is 119 Å². The van der Waals surface area contributed by atoms with E-state index in [0.29, 0.717) is 16.7 Å². The molecule has 0 N–H and O–H groups in total. The molecule has 4 aromatic carbocycles. The van der Waals surface area contributed by atoms with E-state index in [9.17, 15) is 4.79 Å². The Morgan fingerprint density at radius 1 is 0.556 bits per heavy atom. The summed E-state index contributed by atoms with van der Waals surface area (Å²) in [6.45, 7) is 0. The Hall–Kier alpha value is -3.65. The second-order valence-corrected chi connectivity index (χ2v) is 6.18. The third-order valence-corrected chi connectivity index (χ3v) is 4.35. The Labute approximate surface area is 157 Å². The van der Waals surface area contributed by atoms with Crippen molar-refractivity contribution in [2.45, 2.75) is 0 Å². The largest absolute Gasteiger partial charge is 0.456 e. The van der Waals surface area contributed by atoms with Crippen LogP contribution in [0.3, 0.4) is 0 Å². The van der Waals surface area contributed by atoms with E-state index in [2.05, 4.69) is 48.5 Å². The molecule has 1 heterocycles. The molecule has 0 spiro atoms. The van der Waals surface area contributed by atoms with E-state index in [1.165, 1.54) is 16.8 Å². The topological polar surface area (TPSA) is 30.2 Å². The van der Waals surface area contributed by atoms with Crippen LogP contribution in [0.4, 0.5) is 0 Å². The maximum absolute atomic E-state index is 11.9. The van der Waals surface area contributed by atoms with Gasteiger partial charge >= 0.3 is 0 Å². The summed E-state index contributed by atoms with van der Waals surface area (Å²) >= 11 is 0. The van der Waals surface area contributed by atoms with E-state index in [1.54, 1.807) is 6.07 Å². The highest BCUT2D eigenvalue weighted by Crippen LogP contribution is 2.21. The van der Waals surface area contributed by atoms with Gasteiger partial charge in [0.05, 0.1) is 5.39 Å². The standard InChI is InChI=1S/C15H10O2.C10H8/c16-13-10-15(11-6-2-1-3-7-11)17-14-9-5-4-8-12(13)14;1-2-6-10-8-4-3-7-9(10)5-1/h1-10H;1-8H. The normalized spacial score (nSPS) is 10.4. The van der Waals surface area contributed by atoms with Gasteiger partial charge in [0.2, 0.25) is 0 Å².